The van der Waals surface area contributed by atoms with Crippen LogP contribution in [0.5, 0.6) is 0 Å². The molecule has 5 nitrogen and oxygen atoms in total. The number of rotatable bonds is 3. The number of likely N-dealkylation sites (tertiary alicyclic amines) is 1. The summed E-state index contributed by atoms with van der Waals surface area (Å²) < 4.78 is 0. The molecule has 2 amide bonds. The van der Waals surface area contributed by atoms with Crippen molar-refractivity contribution < 1.29 is 14.7 Å². The summed E-state index contributed by atoms with van der Waals surface area (Å²) >= 11 is 0. The Balaban J connectivity index is 2.63. The minimum atomic E-state index is -0.929. The summed E-state index contributed by atoms with van der Waals surface area (Å²) in [5.74, 6) is -0.580. The lowest BCUT2D eigenvalue weighted by Gasteiger charge is -2.35. The van der Waals surface area contributed by atoms with Crippen molar-refractivity contribution in [3.8, 4) is 0 Å². The van der Waals surface area contributed by atoms with Crippen LogP contribution in [-0.4, -0.2) is 41.1 Å². The first-order valence-corrected chi connectivity index (χ1v) is 5.83. The number of carbonyl (C=O) groups excluding carboxylic acids is 1. The predicted octanol–water partition coefficient (Wildman–Crippen LogP) is 1.46. The van der Waals surface area contributed by atoms with Crippen molar-refractivity contribution in [1.82, 2.24) is 10.2 Å². The standard InChI is InChI=1S/C12H20N2O3/c1-8(2)7-13-12(17)14-5-4-9(3)6-10(14)11(15)16/h9-10H,1,4-7H2,2-3H3,(H,13,17)(H,15,16). The van der Waals surface area contributed by atoms with Crippen molar-refractivity contribution in [1.29, 1.82) is 0 Å². The quantitative estimate of drug-likeness (QED) is 0.734. The van der Waals surface area contributed by atoms with Crippen LogP contribution in [0.4, 0.5) is 4.79 Å². The third kappa shape index (κ3) is 3.76. The fraction of sp³-hybridized carbons (Fsp3) is 0.667. The summed E-state index contributed by atoms with van der Waals surface area (Å²) in [4.78, 5) is 24.4. The Morgan fingerprint density at radius 1 is 1.53 bits per heavy atom. The lowest BCUT2D eigenvalue weighted by atomic mass is 9.93. The highest BCUT2D eigenvalue weighted by molar-refractivity contribution is 5.83. The van der Waals surface area contributed by atoms with Gasteiger partial charge in [-0.15, -0.1) is 0 Å². The molecule has 0 radical (unpaired) electrons. The molecule has 0 aromatic carbocycles. The van der Waals surface area contributed by atoms with Gasteiger partial charge in [0.25, 0.3) is 0 Å². The van der Waals surface area contributed by atoms with Crippen LogP contribution in [0.15, 0.2) is 12.2 Å². The fourth-order valence-electron chi connectivity index (χ4n) is 1.95. The Bertz CT molecular complexity index is 328. The van der Waals surface area contributed by atoms with Crippen LogP contribution in [-0.2, 0) is 4.79 Å². The number of carboxylic acids is 1. The second-order valence-electron chi connectivity index (χ2n) is 4.79. The van der Waals surface area contributed by atoms with E-state index in [9.17, 15) is 9.59 Å². The molecule has 2 unspecified atom stereocenters. The topological polar surface area (TPSA) is 69.6 Å². The van der Waals surface area contributed by atoms with Gasteiger partial charge in [0.1, 0.15) is 6.04 Å². The molecule has 0 spiro atoms. The molecule has 0 aromatic rings. The van der Waals surface area contributed by atoms with Gasteiger partial charge in [0.05, 0.1) is 0 Å². The number of hydrogen-bond donors (Lipinski definition) is 2. The van der Waals surface area contributed by atoms with Crippen LogP contribution in [0.25, 0.3) is 0 Å². The summed E-state index contributed by atoms with van der Waals surface area (Å²) in [6, 6.07) is -1.02. The Kier molecular flexibility index (Phi) is 4.54. The average molecular weight is 240 g/mol. The molecule has 2 N–H and O–H groups in total. The van der Waals surface area contributed by atoms with Crippen LogP contribution in [0.3, 0.4) is 0 Å². The first kappa shape index (κ1) is 13.5. The van der Waals surface area contributed by atoms with E-state index < -0.39 is 12.0 Å². The van der Waals surface area contributed by atoms with Gasteiger partial charge in [0.2, 0.25) is 0 Å². The summed E-state index contributed by atoms with van der Waals surface area (Å²) in [7, 11) is 0. The summed E-state index contributed by atoms with van der Waals surface area (Å²) in [5, 5.41) is 11.8. The van der Waals surface area contributed by atoms with Gasteiger partial charge in [-0.05, 0) is 25.7 Å². The SMILES string of the molecule is C=C(C)CNC(=O)N1CCC(C)CC1C(=O)O. The minimum absolute atomic E-state index is 0.313. The molecule has 1 aliphatic heterocycles. The number of nitrogens with zero attached hydrogens (tertiary/aromatic N) is 1. The van der Waals surface area contributed by atoms with Gasteiger partial charge in [-0.1, -0.05) is 19.1 Å². The number of piperidine rings is 1. The second-order valence-corrected chi connectivity index (χ2v) is 4.79. The highest BCUT2D eigenvalue weighted by atomic mass is 16.4. The molecule has 0 bridgehead atoms. The van der Waals surface area contributed by atoms with Crippen molar-refractivity contribution in [2.24, 2.45) is 5.92 Å². The Hall–Kier alpha value is -1.52. The van der Waals surface area contributed by atoms with Gasteiger partial charge in [0.15, 0.2) is 0 Å². The Morgan fingerprint density at radius 3 is 2.71 bits per heavy atom. The molecular formula is C12H20N2O3. The maximum Gasteiger partial charge on any atom is 0.326 e. The summed E-state index contributed by atoms with van der Waals surface area (Å²) in [5.41, 5.74) is 0.843. The van der Waals surface area contributed by atoms with Crippen molar-refractivity contribution >= 4 is 12.0 Å². The van der Waals surface area contributed by atoms with E-state index in [0.29, 0.717) is 25.4 Å². The minimum Gasteiger partial charge on any atom is -0.480 e. The molecule has 2 atom stereocenters. The zero-order valence-corrected chi connectivity index (χ0v) is 10.4. The Morgan fingerprint density at radius 2 is 2.18 bits per heavy atom. The van der Waals surface area contributed by atoms with Gasteiger partial charge in [-0.3, -0.25) is 0 Å². The van der Waals surface area contributed by atoms with Gasteiger partial charge in [0, 0.05) is 13.1 Å². The molecule has 5 heteroatoms. The van der Waals surface area contributed by atoms with E-state index >= 15 is 0 Å². The van der Waals surface area contributed by atoms with E-state index in [2.05, 4.69) is 11.9 Å². The Labute approximate surface area is 101 Å². The molecule has 1 saturated heterocycles. The van der Waals surface area contributed by atoms with Crippen molar-refractivity contribution in [3.05, 3.63) is 12.2 Å². The third-order valence-corrected chi connectivity index (χ3v) is 2.95. The van der Waals surface area contributed by atoms with Crippen LogP contribution >= 0.6 is 0 Å². The molecule has 1 aliphatic rings. The van der Waals surface area contributed by atoms with E-state index in [1.807, 2.05) is 13.8 Å². The molecule has 1 fully saturated rings. The van der Waals surface area contributed by atoms with Crippen molar-refractivity contribution in [2.45, 2.75) is 32.7 Å². The molecule has 1 rings (SSSR count). The normalized spacial score (nSPS) is 24.2. The number of aliphatic carboxylic acids is 1. The molecule has 1 heterocycles. The summed E-state index contributed by atoms with van der Waals surface area (Å²) in [6.07, 6.45) is 1.38. The van der Waals surface area contributed by atoms with Gasteiger partial charge in [-0.2, -0.15) is 0 Å². The molecule has 96 valence electrons. The smallest absolute Gasteiger partial charge is 0.326 e. The molecule has 0 aliphatic carbocycles. The van der Waals surface area contributed by atoms with Gasteiger partial charge >= 0.3 is 12.0 Å². The number of nitrogens with one attached hydrogen (secondary N) is 1. The highest BCUT2D eigenvalue weighted by Gasteiger charge is 2.34. The van der Waals surface area contributed by atoms with E-state index in [1.165, 1.54) is 4.90 Å². The molecule has 17 heavy (non-hydrogen) atoms. The number of carboxylic acid groups (broad SMARTS) is 1. The zero-order chi connectivity index (χ0) is 13.0. The first-order valence-electron chi connectivity index (χ1n) is 5.83. The number of urea groups is 1. The molecule has 0 aromatic heterocycles. The third-order valence-electron chi connectivity index (χ3n) is 2.95. The number of amides is 2. The lowest BCUT2D eigenvalue weighted by molar-refractivity contribution is -0.143. The fourth-order valence-corrected chi connectivity index (χ4v) is 1.95. The maximum atomic E-state index is 11.8. The lowest BCUT2D eigenvalue weighted by Crippen LogP contribution is -2.53. The van der Waals surface area contributed by atoms with Crippen LogP contribution in [0, 0.1) is 5.92 Å². The van der Waals surface area contributed by atoms with E-state index in [1.54, 1.807) is 0 Å². The predicted molar refractivity (Wildman–Crippen MR) is 64.7 cm³/mol. The average Bonchev–Trinajstić information content (AvgIpc) is 2.25. The number of carbonyl (C=O) groups is 2. The monoisotopic (exact) mass is 240 g/mol. The highest BCUT2D eigenvalue weighted by Crippen LogP contribution is 2.22. The molecule has 0 saturated carbocycles. The first-order chi connectivity index (χ1) is 7.91. The van der Waals surface area contributed by atoms with Gasteiger partial charge in [-0.25, -0.2) is 9.59 Å². The van der Waals surface area contributed by atoms with Crippen LogP contribution in [0.2, 0.25) is 0 Å². The number of hydrogen-bond acceptors (Lipinski definition) is 2. The maximum absolute atomic E-state index is 11.8. The van der Waals surface area contributed by atoms with Crippen LogP contribution in [0.1, 0.15) is 26.7 Å². The van der Waals surface area contributed by atoms with E-state index in [-0.39, 0.29) is 6.03 Å². The van der Waals surface area contributed by atoms with Crippen LogP contribution < -0.4 is 5.32 Å². The van der Waals surface area contributed by atoms with E-state index in [4.69, 9.17) is 5.11 Å². The van der Waals surface area contributed by atoms with Gasteiger partial charge < -0.3 is 15.3 Å². The van der Waals surface area contributed by atoms with Crippen molar-refractivity contribution in [2.75, 3.05) is 13.1 Å². The van der Waals surface area contributed by atoms with Crippen molar-refractivity contribution in [3.63, 3.8) is 0 Å². The summed E-state index contributed by atoms with van der Waals surface area (Å²) in [6.45, 7) is 8.40. The zero-order valence-electron chi connectivity index (χ0n) is 10.4. The molecular weight excluding hydrogens is 220 g/mol. The second kappa shape index (κ2) is 5.70. The largest absolute Gasteiger partial charge is 0.480 e. The van der Waals surface area contributed by atoms with E-state index in [0.717, 1.165) is 12.0 Å².